The maximum absolute atomic E-state index is 10.9. The van der Waals surface area contributed by atoms with Crippen molar-refractivity contribution in [2.45, 2.75) is 18.9 Å². The molecule has 1 fully saturated rings. The number of nitrogens with zero attached hydrogens (tertiary/aromatic N) is 2. The number of rotatable bonds is 6. The molecule has 0 bridgehead atoms. The summed E-state index contributed by atoms with van der Waals surface area (Å²) >= 11 is 5.77. The van der Waals surface area contributed by atoms with E-state index in [4.69, 9.17) is 16.7 Å². The number of aromatic carboxylic acids is 1. The number of hydrogen-bond donors (Lipinski definition) is 2. The summed E-state index contributed by atoms with van der Waals surface area (Å²) in [6, 6.07) is 3.55. The van der Waals surface area contributed by atoms with Gasteiger partial charge in [0.2, 0.25) is 0 Å². The SMILES string of the molecule is CN(CCNc1cc(C(=O)O)cc(Cl)n1)C1CC1. The molecule has 1 aliphatic rings. The van der Waals surface area contributed by atoms with Crippen LogP contribution in [0.15, 0.2) is 12.1 Å². The van der Waals surface area contributed by atoms with Crippen LogP contribution >= 0.6 is 11.6 Å². The highest BCUT2D eigenvalue weighted by Gasteiger charge is 2.25. The maximum atomic E-state index is 10.9. The van der Waals surface area contributed by atoms with Crippen LogP contribution in [0.4, 0.5) is 5.82 Å². The fourth-order valence-corrected chi connectivity index (χ4v) is 1.98. The molecule has 2 rings (SSSR count). The van der Waals surface area contributed by atoms with E-state index in [0.29, 0.717) is 11.9 Å². The highest BCUT2D eigenvalue weighted by atomic mass is 35.5. The summed E-state index contributed by atoms with van der Waals surface area (Å²) in [5, 5.41) is 12.2. The Hall–Kier alpha value is -1.33. The van der Waals surface area contributed by atoms with Gasteiger partial charge < -0.3 is 15.3 Å². The van der Waals surface area contributed by atoms with Crippen LogP contribution in [0.3, 0.4) is 0 Å². The van der Waals surface area contributed by atoms with E-state index in [1.54, 1.807) is 0 Å². The normalized spacial score (nSPS) is 14.8. The number of aromatic nitrogens is 1. The molecule has 0 amide bonds. The van der Waals surface area contributed by atoms with Gasteiger partial charge in [0.25, 0.3) is 0 Å². The second-order valence-electron chi connectivity index (χ2n) is 4.51. The first-order chi connectivity index (χ1) is 8.56. The maximum Gasteiger partial charge on any atom is 0.335 e. The number of likely N-dealkylation sites (N-methyl/N-ethyl adjacent to an activating group) is 1. The number of hydrogen-bond acceptors (Lipinski definition) is 4. The molecule has 5 nitrogen and oxygen atoms in total. The van der Waals surface area contributed by atoms with Crippen molar-refractivity contribution in [2.75, 3.05) is 25.5 Å². The molecule has 1 aliphatic carbocycles. The van der Waals surface area contributed by atoms with Crippen molar-refractivity contribution < 1.29 is 9.90 Å². The van der Waals surface area contributed by atoms with Crippen molar-refractivity contribution >= 4 is 23.4 Å². The van der Waals surface area contributed by atoms with Crippen LogP contribution in [-0.4, -0.2) is 47.1 Å². The third-order valence-corrected chi connectivity index (χ3v) is 3.18. The third kappa shape index (κ3) is 3.58. The van der Waals surface area contributed by atoms with Gasteiger partial charge in [0.05, 0.1) is 5.56 Å². The topological polar surface area (TPSA) is 65.5 Å². The summed E-state index contributed by atoms with van der Waals surface area (Å²) in [7, 11) is 2.09. The van der Waals surface area contributed by atoms with Crippen molar-refractivity contribution in [3.63, 3.8) is 0 Å². The smallest absolute Gasteiger partial charge is 0.335 e. The fraction of sp³-hybridized carbons (Fsp3) is 0.500. The Balaban J connectivity index is 1.89. The monoisotopic (exact) mass is 269 g/mol. The van der Waals surface area contributed by atoms with E-state index in [9.17, 15) is 4.79 Å². The van der Waals surface area contributed by atoms with E-state index in [0.717, 1.165) is 13.1 Å². The highest BCUT2D eigenvalue weighted by molar-refractivity contribution is 6.29. The zero-order valence-electron chi connectivity index (χ0n) is 10.2. The molecular weight excluding hydrogens is 254 g/mol. The average molecular weight is 270 g/mol. The van der Waals surface area contributed by atoms with Gasteiger partial charge in [-0.3, -0.25) is 0 Å². The van der Waals surface area contributed by atoms with Gasteiger partial charge in [0, 0.05) is 19.1 Å². The minimum atomic E-state index is -1.00. The molecule has 1 aromatic heterocycles. The van der Waals surface area contributed by atoms with Crippen LogP contribution in [0.5, 0.6) is 0 Å². The van der Waals surface area contributed by atoms with Gasteiger partial charge in [-0.25, -0.2) is 9.78 Å². The number of halogens is 1. The Kier molecular flexibility index (Phi) is 4.04. The Morgan fingerprint density at radius 2 is 2.33 bits per heavy atom. The highest BCUT2D eigenvalue weighted by Crippen LogP contribution is 2.24. The predicted molar refractivity (Wildman–Crippen MR) is 70.3 cm³/mol. The van der Waals surface area contributed by atoms with Crippen molar-refractivity contribution in [3.05, 3.63) is 22.8 Å². The van der Waals surface area contributed by atoms with Gasteiger partial charge >= 0.3 is 5.97 Å². The molecule has 98 valence electrons. The van der Waals surface area contributed by atoms with Crippen molar-refractivity contribution in [3.8, 4) is 0 Å². The molecule has 0 aromatic carbocycles. The van der Waals surface area contributed by atoms with Crippen molar-refractivity contribution in [1.82, 2.24) is 9.88 Å². The van der Waals surface area contributed by atoms with E-state index < -0.39 is 5.97 Å². The van der Waals surface area contributed by atoms with Crippen LogP contribution in [0, 0.1) is 0 Å². The summed E-state index contributed by atoms with van der Waals surface area (Å²) in [4.78, 5) is 17.2. The van der Waals surface area contributed by atoms with Crippen molar-refractivity contribution in [2.24, 2.45) is 0 Å². The third-order valence-electron chi connectivity index (χ3n) is 2.98. The molecule has 2 N–H and O–H groups in total. The minimum Gasteiger partial charge on any atom is -0.478 e. The Bertz CT molecular complexity index is 449. The number of pyridine rings is 1. The van der Waals surface area contributed by atoms with Gasteiger partial charge in [0.1, 0.15) is 11.0 Å². The summed E-state index contributed by atoms with van der Waals surface area (Å²) in [6.45, 7) is 1.63. The first-order valence-corrected chi connectivity index (χ1v) is 6.29. The number of carboxylic acids is 1. The molecule has 6 heteroatoms. The van der Waals surface area contributed by atoms with Crippen LogP contribution in [0.25, 0.3) is 0 Å². The fourth-order valence-electron chi connectivity index (χ4n) is 1.77. The van der Waals surface area contributed by atoms with Crippen LogP contribution in [-0.2, 0) is 0 Å². The molecule has 0 radical (unpaired) electrons. The quantitative estimate of drug-likeness (QED) is 0.773. The lowest BCUT2D eigenvalue weighted by Crippen LogP contribution is -2.27. The molecule has 1 heterocycles. The second-order valence-corrected chi connectivity index (χ2v) is 4.89. The lowest BCUT2D eigenvalue weighted by molar-refractivity contribution is 0.0697. The molecule has 0 unspecified atom stereocenters. The number of anilines is 1. The first-order valence-electron chi connectivity index (χ1n) is 5.91. The second kappa shape index (κ2) is 5.54. The molecule has 1 saturated carbocycles. The summed E-state index contributed by atoms with van der Waals surface area (Å²) < 4.78 is 0. The molecular formula is C12H16ClN3O2. The standard InChI is InChI=1S/C12H16ClN3O2/c1-16(9-2-3-9)5-4-14-11-7-8(12(17)18)6-10(13)15-11/h6-7,9H,2-5H2,1H3,(H,14,15)(H,17,18). The summed E-state index contributed by atoms with van der Waals surface area (Å²) in [5.74, 6) is -0.499. The lowest BCUT2D eigenvalue weighted by Gasteiger charge is -2.16. The van der Waals surface area contributed by atoms with Crippen LogP contribution in [0.1, 0.15) is 23.2 Å². The van der Waals surface area contributed by atoms with Gasteiger partial charge in [-0.15, -0.1) is 0 Å². The van der Waals surface area contributed by atoms with Gasteiger partial charge in [0.15, 0.2) is 0 Å². The Morgan fingerprint density at radius 1 is 1.61 bits per heavy atom. The van der Waals surface area contributed by atoms with Crippen LogP contribution in [0.2, 0.25) is 5.15 Å². The Morgan fingerprint density at radius 3 is 2.94 bits per heavy atom. The van der Waals surface area contributed by atoms with E-state index in [1.165, 1.54) is 25.0 Å². The zero-order valence-corrected chi connectivity index (χ0v) is 10.9. The zero-order chi connectivity index (χ0) is 13.1. The van der Waals surface area contributed by atoms with E-state index in [2.05, 4.69) is 22.2 Å². The summed E-state index contributed by atoms with van der Waals surface area (Å²) in [5.41, 5.74) is 0.146. The summed E-state index contributed by atoms with van der Waals surface area (Å²) in [6.07, 6.45) is 2.55. The predicted octanol–water partition coefficient (Wildman–Crippen LogP) is 1.94. The number of carboxylic acid groups (broad SMARTS) is 1. The van der Waals surface area contributed by atoms with E-state index >= 15 is 0 Å². The van der Waals surface area contributed by atoms with Gasteiger partial charge in [-0.05, 0) is 32.0 Å². The van der Waals surface area contributed by atoms with Crippen LogP contribution < -0.4 is 5.32 Å². The number of carbonyl (C=O) groups is 1. The molecule has 0 spiro atoms. The van der Waals surface area contributed by atoms with E-state index in [1.807, 2.05) is 0 Å². The molecule has 0 saturated heterocycles. The largest absolute Gasteiger partial charge is 0.478 e. The first kappa shape index (κ1) is 13.1. The van der Waals surface area contributed by atoms with Gasteiger partial charge in [-0.2, -0.15) is 0 Å². The molecule has 0 aliphatic heterocycles. The van der Waals surface area contributed by atoms with E-state index in [-0.39, 0.29) is 10.7 Å². The van der Waals surface area contributed by atoms with Crippen molar-refractivity contribution in [1.29, 1.82) is 0 Å². The van der Waals surface area contributed by atoms with Gasteiger partial charge in [-0.1, -0.05) is 11.6 Å². The number of nitrogens with one attached hydrogen (secondary N) is 1. The average Bonchev–Trinajstić information content (AvgIpc) is 3.11. The molecule has 0 atom stereocenters. The molecule has 1 aromatic rings. The molecule has 18 heavy (non-hydrogen) atoms. The minimum absolute atomic E-state index is 0.146. The lowest BCUT2D eigenvalue weighted by atomic mass is 10.2. The Labute approximate surface area is 111 Å².